The lowest BCUT2D eigenvalue weighted by molar-refractivity contribution is 0.259. The number of rotatable bonds is 11. The first-order chi connectivity index (χ1) is 11.5. The van der Waals surface area contributed by atoms with Crippen LogP contribution in [0.25, 0.3) is 0 Å². The molecule has 0 atom stereocenters. The molecule has 8 N–H and O–H groups in total. The first kappa shape index (κ1) is 31.5. The van der Waals surface area contributed by atoms with Gasteiger partial charge in [-0.15, -0.1) is 0 Å². The number of nitrogens with two attached hydrogens (primary N) is 2. The third kappa shape index (κ3) is 57.6. The molecule has 0 spiro atoms. The number of unbranched alkanes of at least 4 members (excludes halogenated alkanes) is 2. The molecule has 0 aliphatic heterocycles. The molecule has 0 aromatic heterocycles. The summed E-state index contributed by atoms with van der Waals surface area (Å²) in [6, 6.07) is 0. The van der Waals surface area contributed by atoms with Gasteiger partial charge in [0, 0.05) is 0 Å². The molecule has 0 heterocycles. The Labute approximate surface area is 151 Å². The molecule has 0 rings (SSSR count). The van der Waals surface area contributed by atoms with Gasteiger partial charge in [0.1, 0.15) is 0 Å². The standard InChI is InChI=1S/C8H19NO.C7H17N.C2H7NO.CH5N/c1-8(2)5-3-4-6-9-7-10;1-7(2)5-3-4-6-8;1-3-2-4;1-2/h8-10H,3-7H2,1-2H3;7H,3-6,8H2,1-2H3;3-4H,2H2,1H3;2H2,1H3. The fourth-order valence-corrected chi connectivity index (χ4v) is 1.58. The van der Waals surface area contributed by atoms with Gasteiger partial charge in [0.15, 0.2) is 0 Å². The molecular weight excluding hydrogens is 304 g/mol. The smallest absolute Gasteiger partial charge is 0.0931 e. The maximum atomic E-state index is 8.36. The summed E-state index contributed by atoms with van der Waals surface area (Å²) in [5.74, 6) is 1.66. The maximum absolute atomic E-state index is 8.36. The van der Waals surface area contributed by atoms with E-state index in [1.54, 1.807) is 7.05 Å². The number of nitrogens with one attached hydrogen (secondary N) is 2. The number of aliphatic hydroxyl groups excluding tert-OH is 2. The third-order valence-corrected chi connectivity index (χ3v) is 2.89. The average Bonchev–Trinajstić information content (AvgIpc) is 2.57. The molecule has 0 saturated carbocycles. The van der Waals surface area contributed by atoms with E-state index in [1.807, 2.05) is 0 Å². The Morgan fingerprint density at radius 2 is 1.21 bits per heavy atom. The average molecular weight is 353 g/mol. The van der Waals surface area contributed by atoms with Gasteiger partial charge in [-0.3, -0.25) is 10.6 Å². The van der Waals surface area contributed by atoms with Crippen LogP contribution in [-0.2, 0) is 0 Å². The molecule has 0 aliphatic rings. The second-order valence-electron chi connectivity index (χ2n) is 6.24. The van der Waals surface area contributed by atoms with Crippen LogP contribution in [0, 0.1) is 11.8 Å². The monoisotopic (exact) mass is 352 g/mol. The molecule has 0 fully saturated rings. The van der Waals surface area contributed by atoms with Crippen molar-refractivity contribution in [3.8, 4) is 0 Å². The summed E-state index contributed by atoms with van der Waals surface area (Å²) in [4.78, 5) is 0. The summed E-state index contributed by atoms with van der Waals surface area (Å²) in [5, 5.41) is 21.5. The van der Waals surface area contributed by atoms with Gasteiger partial charge in [-0.2, -0.15) is 0 Å². The van der Waals surface area contributed by atoms with E-state index in [2.05, 4.69) is 44.1 Å². The van der Waals surface area contributed by atoms with Crippen LogP contribution in [0.5, 0.6) is 0 Å². The third-order valence-electron chi connectivity index (χ3n) is 2.89. The fraction of sp³-hybridized carbons (Fsp3) is 1.00. The highest BCUT2D eigenvalue weighted by atomic mass is 16.3. The Bertz CT molecular complexity index is 169. The van der Waals surface area contributed by atoms with Crippen LogP contribution in [0.1, 0.15) is 66.2 Å². The minimum atomic E-state index is 0.0694. The van der Waals surface area contributed by atoms with Gasteiger partial charge in [-0.05, 0) is 51.9 Å². The summed E-state index contributed by atoms with van der Waals surface area (Å²) >= 11 is 0. The van der Waals surface area contributed by atoms with E-state index in [1.165, 1.54) is 45.6 Å². The van der Waals surface area contributed by atoms with Crippen molar-refractivity contribution in [1.82, 2.24) is 10.6 Å². The zero-order valence-corrected chi connectivity index (χ0v) is 17.3. The van der Waals surface area contributed by atoms with Crippen molar-refractivity contribution in [2.24, 2.45) is 23.3 Å². The minimum Gasteiger partial charge on any atom is -0.381 e. The normalized spacial score (nSPS) is 9.50. The van der Waals surface area contributed by atoms with Crippen LogP contribution < -0.4 is 22.1 Å². The van der Waals surface area contributed by atoms with Gasteiger partial charge in [0.05, 0.1) is 13.5 Å². The first-order valence-corrected chi connectivity index (χ1v) is 9.30. The molecule has 0 amide bonds. The SMILES string of the molecule is CC(C)CCCCN.CC(C)CCCCNCO.CN.CNCO. The van der Waals surface area contributed by atoms with Crippen molar-refractivity contribution in [1.29, 1.82) is 0 Å². The van der Waals surface area contributed by atoms with Crippen molar-refractivity contribution in [3.05, 3.63) is 0 Å². The van der Waals surface area contributed by atoms with Crippen LogP contribution in [0.2, 0.25) is 0 Å². The highest BCUT2D eigenvalue weighted by Gasteiger charge is 1.92. The van der Waals surface area contributed by atoms with E-state index in [9.17, 15) is 0 Å². The zero-order chi connectivity index (χ0) is 19.6. The van der Waals surface area contributed by atoms with Crippen LogP contribution in [-0.4, -0.2) is 50.9 Å². The number of hydrogen-bond acceptors (Lipinski definition) is 6. The maximum Gasteiger partial charge on any atom is 0.0931 e. The molecule has 0 bridgehead atoms. The van der Waals surface area contributed by atoms with Crippen molar-refractivity contribution >= 4 is 0 Å². The summed E-state index contributed by atoms with van der Waals surface area (Å²) in [6.07, 6.45) is 7.57. The van der Waals surface area contributed by atoms with Gasteiger partial charge in [-0.1, -0.05) is 53.4 Å². The lowest BCUT2D eigenvalue weighted by atomic mass is 10.1. The molecule has 0 unspecified atom stereocenters. The van der Waals surface area contributed by atoms with Gasteiger partial charge in [0.25, 0.3) is 0 Å². The summed E-state index contributed by atoms with van der Waals surface area (Å²) < 4.78 is 0. The molecule has 0 radical (unpaired) electrons. The second-order valence-corrected chi connectivity index (χ2v) is 6.24. The van der Waals surface area contributed by atoms with E-state index in [0.717, 1.165) is 24.9 Å². The molecule has 6 nitrogen and oxygen atoms in total. The molecule has 0 aromatic rings. The van der Waals surface area contributed by atoms with Gasteiger partial charge >= 0.3 is 0 Å². The van der Waals surface area contributed by atoms with Crippen molar-refractivity contribution in [2.45, 2.75) is 66.2 Å². The topological polar surface area (TPSA) is 117 Å². The summed E-state index contributed by atoms with van der Waals surface area (Å²) in [7, 11) is 3.18. The Balaban J connectivity index is -0.000000128. The molecular formula is C18H48N4O2. The van der Waals surface area contributed by atoms with Crippen LogP contribution in [0.4, 0.5) is 0 Å². The van der Waals surface area contributed by atoms with Crippen molar-refractivity contribution in [2.75, 3.05) is 40.6 Å². The Morgan fingerprint density at radius 3 is 1.50 bits per heavy atom. The van der Waals surface area contributed by atoms with Crippen LogP contribution >= 0.6 is 0 Å². The number of hydrogen-bond donors (Lipinski definition) is 6. The molecule has 6 heteroatoms. The zero-order valence-electron chi connectivity index (χ0n) is 17.3. The lowest BCUT2D eigenvalue weighted by Crippen LogP contribution is -2.15. The Hall–Kier alpha value is -0.240. The Morgan fingerprint density at radius 1 is 0.792 bits per heavy atom. The van der Waals surface area contributed by atoms with Gasteiger partial charge < -0.3 is 21.7 Å². The van der Waals surface area contributed by atoms with E-state index in [-0.39, 0.29) is 13.5 Å². The highest BCUT2D eigenvalue weighted by molar-refractivity contribution is 4.48. The first-order valence-electron chi connectivity index (χ1n) is 9.30. The predicted molar refractivity (Wildman–Crippen MR) is 108 cm³/mol. The quantitative estimate of drug-likeness (QED) is 0.250. The molecule has 24 heavy (non-hydrogen) atoms. The van der Waals surface area contributed by atoms with Crippen LogP contribution in [0.3, 0.4) is 0 Å². The largest absolute Gasteiger partial charge is 0.381 e. The number of aliphatic hydroxyl groups is 2. The molecule has 152 valence electrons. The highest BCUT2D eigenvalue weighted by Crippen LogP contribution is 2.05. The van der Waals surface area contributed by atoms with Gasteiger partial charge in [-0.25, -0.2) is 0 Å². The molecule has 0 saturated heterocycles. The second kappa shape index (κ2) is 34.2. The predicted octanol–water partition coefficient (Wildman–Crippen LogP) is 1.85. The lowest BCUT2D eigenvalue weighted by Gasteiger charge is -2.03. The van der Waals surface area contributed by atoms with E-state index in [4.69, 9.17) is 15.9 Å². The fourth-order valence-electron chi connectivity index (χ4n) is 1.58. The van der Waals surface area contributed by atoms with Gasteiger partial charge in [0.2, 0.25) is 0 Å². The van der Waals surface area contributed by atoms with E-state index in [0.29, 0.717) is 0 Å². The van der Waals surface area contributed by atoms with E-state index >= 15 is 0 Å². The summed E-state index contributed by atoms with van der Waals surface area (Å²) in [5.41, 5.74) is 9.81. The molecule has 0 aliphatic carbocycles. The summed E-state index contributed by atoms with van der Waals surface area (Å²) in [6.45, 7) is 10.9. The van der Waals surface area contributed by atoms with Crippen LogP contribution in [0.15, 0.2) is 0 Å². The van der Waals surface area contributed by atoms with Crippen molar-refractivity contribution < 1.29 is 10.2 Å². The minimum absolute atomic E-state index is 0.0694. The van der Waals surface area contributed by atoms with Crippen molar-refractivity contribution in [3.63, 3.8) is 0 Å². The molecule has 0 aromatic carbocycles. The van der Waals surface area contributed by atoms with E-state index < -0.39 is 0 Å². The Kier molecular flexibility index (Phi) is 44.9.